The molecule has 1 saturated heterocycles. The Hall–Kier alpha value is -1.71. The molecule has 0 spiro atoms. The lowest BCUT2D eigenvalue weighted by Gasteiger charge is -2.15. The Kier molecular flexibility index (Phi) is 11.7. The Balaban J connectivity index is 0.00000392. The van der Waals surface area contributed by atoms with Crippen LogP contribution in [0.5, 0.6) is 11.5 Å². The van der Waals surface area contributed by atoms with Gasteiger partial charge in [0.05, 0.1) is 14.2 Å². The van der Waals surface area contributed by atoms with Gasteiger partial charge < -0.3 is 25.0 Å². The van der Waals surface area contributed by atoms with E-state index in [4.69, 9.17) is 9.47 Å². The zero-order chi connectivity index (χ0) is 19.5. The van der Waals surface area contributed by atoms with Crippen molar-refractivity contribution in [1.29, 1.82) is 0 Å². The van der Waals surface area contributed by atoms with Crippen LogP contribution in [0.25, 0.3) is 0 Å². The van der Waals surface area contributed by atoms with E-state index in [0.717, 1.165) is 68.5 Å². The summed E-state index contributed by atoms with van der Waals surface area (Å²) in [5.41, 5.74) is 1.09. The number of benzene rings is 1. The highest BCUT2D eigenvalue weighted by Gasteiger charge is 2.18. The van der Waals surface area contributed by atoms with Gasteiger partial charge in [0.2, 0.25) is 5.91 Å². The first-order valence-corrected chi connectivity index (χ1v) is 9.68. The molecule has 1 amide bonds. The fourth-order valence-corrected chi connectivity index (χ4v) is 3.13. The highest BCUT2D eigenvalue weighted by Crippen LogP contribution is 2.24. The first-order valence-electron chi connectivity index (χ1n) is 9.68. The molecule has 0 radical (unpaired) electrons. The van der Waals surface area contributed by atoms with Crippen molar-refractivity contribution in [3.63, 3.8) is 0 Å². The van der Waals surface area contributed by atoms with Gasteiger partial charge in [-0.1, -0.05) is 0 Å². The molecule has 2 N–H and O–H groups in total. The van der Waals surface area contributed by atoms with Gasteiger partial charge in [0.15, 0.2) is 5.96 Å². The topological polar surface area (TPSA) is 75.2 Å². The van der Waals surface area contributed by atoms with Crippen molar-refractivity contribution in [3.05, 3.63) is 23.8 Å². The first-order chi connectivity index (χ1) is 13.2. The molecule has 28 heavy (non-hydrogen) atoms. The van der Waals surface area contributed by atoms with E-state index >= 15 is 0 Å². The van der Waals surface area contributed by atoms with Gasteiger partial charge in [-0.3, -0.25) is 9.79 Å². The molecule has 158 valence electrons. The number of aliphatic imine (C=N–C) groups is 1. The van der Waals surface area contributed by atoms with Gasteiger partial charge in [-0.25, -0.2) is 0 Å². The van der Waals surface area contributed by atoms with Gasteiger partial charge >= 0.3 is 0 Å². The SMILES string of the molecule is CCNC(=NCCCN1CCCC1=O)NCCc1cc(OC)ccc1OC.I. The molecule has 0 aromatic heterocycles. The minimum atomic E-state index is 0. The van der Waals surface area contributed by atoms with Gasteiger partial charge in [0, 0.05) is 39.1 Å². The molecular formula is C20H33IN4O3. The predicted molar refractivity (Wildman–Crippen MR) is 123 cm³/mol. The molecule has 1 heterocycles. The van der Waals surface area contributed by atoms with Crippen LogP contribution in [0.15, 0.2) is 23.2 Å². The monoisotopic (exact) mass is 504 g/mol. The number of rotatable bonds is 10. The Morgan fingerprint density at radius 1 is 1.25 bits per heavy atom. The van der Waals surface area contributed by atoms with Crippen LogP contribution in [0, 0.1) is 0 Å². The molecule has 1 aliphatic rings. The molecule has 1 aromatic carbocycles. The zero-order valence-corrected chi connectivity index (χ0v) is 19.5. The first kappa shape index (κ1) is 24.3. The van der Waals surface area contributed by atoms with Crippen molar-refractivity contribution < 1.29 is 14.3 Å². The van der Waals surface area contributed by atoms with Crippen molar-refractivity contribution in [1.82, 2.24) is 15.5 Å². The molecule has 1 aliphatic heterocycles. The average molecular weight is 504 g/mol. The van der Waals surface area contributed by atoms with E-state index in [-0.39, 0.29) is 29.9 Å². The second-order valence-electron chi connectivity index (χ2n) is 6.45. The lowest BCUT2D eigenvalue weighted by molar-refractivity contribution is -0.127. The summed E-state index contributed by atoms with van der Waals surface area (Å²) in [6.45, 7) is 5.97. The number of methoxy groups -OCH3 is 2. The Morgan fingerprint density at radius 2 is 2.07 bits per heavy atom. The van der Waals surface area contributed by atoms with Crippen LogP contribution >= 0.6 is 24.0 Å². The van der Waals surface area contributed by atoms with Crippen molar-refractivity contribution >= 4 is 35.8 Å². The molecule has 0 bridgehead atoms. The third-order valence-corrected chi connectivity index (χ3v) is 4.55. The van der Waals surface area contributed by atoms with Gasteiger partial charge in [0.1, 0.15) is 11.5 Å². The van der Waals surface area contributed by atoms with Crippen LogP contribution in [-0.2, 0) is 11.2 Å². The Bertz CT molecular complexity index is 640. The van der Waals surface area contributed by atoms with Crippen LogP contribution in [0.1, 0.15) is 31.7 Å². The van der Waals surface area contributed by atoms with Crippen molar-refractivity contribution in [2.45, 2.75) is 32.6 Å². The smallest absolute Gasteiger partial charge is 0.222 e. The minimum Gasteiger partial charge on any atom is -0.497 e. The third kappa shape index (κ3) is 7.73. The summed E-state index contributed by atoms with van der Waals surface area (Å²) in [6, 6.07) is 5.82. The maximum atomic E-state index is 11.6. The third-order valence-electron chi connectivity index (χ3n) is 4.55. The lowest BCUT2D eigenvalue weighted by atomic mass is 10.1. The molecule has 0 atom stereocenters. The fourth-order valence-electron chi connectivity index (χ4n) is 3.13. The number of ether oxygens (including phenoxy) is 2. The van der Waals surface area contributed by atoms with E-state index in [9.17, 15) is 4.79 Å². The number of hydrogen-bond acceptors (Lipinski definition) is 4. The van der Waals surface area contributed by atoms with E-state index in [0.29, 0.717) is 13.0 Å². The predicted octanol–water partition coefficient (Wildman–Crippen LogP) is 2.43. The van der Waals surface area contributed by atoms with E-state index < -0.39 is 0 Å². The molecule has 2 rings (SSSR count). The number of halogens is 1. The number of guanidine groups is 1. The quantitative estimate of drug-likeness (QED) is 0.222. The summed E-state index contributed by atoms with van der Waals surface area (Å²) in [5.74, 6) is 2.75. The zero-order valence-electron chi connectivity index (χ0n) is 17.1. The molecular weight excluding hydrogens is 471 g/mol. The second kappa shape index (κ2) is 13.5. The Morgan fingerprint density at radius 3 is 2.71 bits per heavy atom. The molecule has 0 unspecified atom stereocenters. The molecule has 1 fully saturated rings. The van der Waals surface area contributed by atoms with E-state index in [2.05, 4.69) is 15.6 Å². The number of carbonyl (C=O) groups excluding carboxylic acids is 1. The molecule has 7 nitrogen and oxygen atoms in total. The Labute approximate surface area is 185 Å². The van der Waals surface area contributed by atoms with Crippen LogP contribution < -0.4 is 20.1 Å². The molecule has 1 aromatic rings. The van der Waals surface area contributed by atoms with Crippen molar-refractivity contribution in [3.8, 4) is 11.5 Å². The number of carbonyl (C=O) groups is 1. The molecule has 0 saturated carbocycles. The summed E-state index contributed by atoms with van der Waals surface area (Å²) >= 11 is 0. The van der Waals surface area contributed by atoms with Crippen LogP contribution in [-0.4, -0.2) is 63.7 Å². The summed E-state index contributed by atoms with van der Waals surface area (Å²) in [6.07, 6.45) is 3.36. The number of hydrogen-bond donors (Lipinski definition) is 2. The van der Waals surface area contributed by atoms with E-state index in [1.54, 1.807) is 14.2 Å². The lowest BCUT2D eigenvalue weighted by Crippen LogP contribution is -2.38. The largest absolute Gasteiger partial charge is 0.497 e. The number of amides is 1. The summed E-state index contributed by atoms with van der Waals surface area (Å²) in [5, 5.41) is 6.62. The number of nitrogens with one attached hydrogen (secondary N) is 2. The maximum Gasteiger partial charge on any atom is 0.222 e. The standard InChI is InChI=1S/C20H32N4O3.HI/c1-4-21-20(22-11-6-14-24-13-5-7-19(24)25)23-12-10-16-15-17(26-2)8-9-18(16)27-3;/h8-9,15H,4-7,10-14H2,1-3H3,(H2,21,22,23);1H. The van der Waals surface area contributed by atoms with Gasteiger partial charge in [0.25, 0.3) is 0 Å². The van der Waals surface area contributed by atoms with Gasteiger partial charge in [-0.05, 0) is 49.9 Å². The average Bonchev–Trinajstić information content (AvgIpc) is 3.09. The van der Waals surface area contributed by atoms with Crippen LogP contribution in [0.3, 0.4) is 0 Å². The molecule has 8 heteroatoms. The van der Waals surface area contributed by atoms with Crippen molar-refractivity contribution in [2.75, 3.05) is 46.9 Å². The van der Waals surface area contributed by atoms with E-state index in [1.807, 2.05) is 30.0 Å². The minimum absolute atomic E-state index is 0. The highest BCUT2D eigenvalue weighted by atomic mass is 127. The van der Waals surface area contributed by atoms with Gasteiger partial charge in [-0.15, -0.1) is 24.0 Å². The van der Waals surface area contributed by atoms with E-state index in [1.165, 1.54) is 0 Å². The highest BCUT2D eigenvalue weighted by molar-refractivity contribution is 14.0. The molecule has 0 aliphatic carbocycles. The van der Waals surface area contributed by atoms with Crippen molar-refractivity contribution in [2.24, 2.45) is 4.99 Å². The summed E-state index contributed by atoms with van der Waals surface area (Å²) in [4.78, 5) is 18.2. The van der Waals surface area contributed by atoms with Crippen LogP contribution in [0.2, 0.25) is 0 Å². The normalized spacial score (nSPS) is 13.9. The summed E-state index contributed by atoms with van der Waals surface area (Å²) < 4.78 is 10.7. The van der Waals surface area contributed by atoms with Gasteiger partial charge in [-0.2, -0.15) is 0 Å². The number of nitrogens with zero attached hydrogens (tertiary/aromatic N) is 2. The summed E-state index contributed by atoms with van der Waals surface area (Å²) in [7, 11) is 3.34. The second-order valence-corrected chi connectivity index (χ2v) is 6.45. The fraction of sp³-hybridized carbons (Fsp3) is 0.600. The number of likely N-dealkylation sites (tertiary alicyclic amines) is 1. The maximum absolute atomic E-state index is 11.6. The van der Waals surface area contributed by atoms with Crippen LogP contribution in [0.4, 0.5) is 0 Å².